The Labute approximate surface area is 172 Å². The van der Waals surface area contributed by atoms with Crippen molar-refractivity contribution >= 4 is 11.8 Å². The standard InChI is InChI=1S/C22H30N2O5/c1-16(2)24(22(26)18-7-6-8-19(13-18)28-5)15-21(25)23(11-12-27-4)14-20-10-9-17(3)29-20/h6-10,13,16H,11-12,14-15H2,1-5H3. The zero-order chi connectivity index (χ0) is 21.4. The van der Waals surface area contributed by atoms with Crippen LogP contribution in [0.1, 0.15) is 35.7 Å². The summed E-state index contributed by atoms with van der Waals surface area (Å²) in [6.07, 6.45) is 0. The summed E-state index contributed by atoms with van der Waals surface area (Å²) < 4.78 is 16.0. The van der Waals surface area contributed by atoms with Gasteiger partial charge < -0.3 is 23.7 Å². The van der Waals surface area contributed by atoms with E-state index in [-0.39, 0.29) is 24.4 Å². The number of benzene rings is 1. The van der Waals surface area contributed by atoms with Gasteiger partial charge in [0.15, 0.2) is 0 Å². The normalized spacial score (nSPS) is 10.8. The van der Waals surface area contributed by atoms with Crippen molar-refractivity contribution < 1.29 is 23.5 Å². The van der Waals surface area contributed by atoms with Crippen molar-refractivity contribution in [2.45, 2.75) is 33.4 Å². The molecular formula is C22H30N2O5. The number of rotatable bonds is 10. The Morgan fingerprint density at radius 2 is 1.90 bits per heavy atom. The minimum atomic E-state index is -0.215. The highest BCUT2D eigenvalue weighted by molar-refractivity contribution is 5.97. The molecule has 29 heavy (non-hydrogen) atoms. The van der Waals surface area contributed by atoms with Crippen LogP contribution in [-0.2, 0) is 16.1 Å². The molecule has 0 radical (unpaired) electrons. The molecule has 0 spiro atoms. The number of amides is 2. The first kappa shape index (κ1) is 22.5. The predicted octanol–water partition coefficient (Wildman–Crippen LogP) is 3.12. The Balaban J connectivity index is 2.16. The maximum Gasteiger partial charge on any atom is 0.254 e. The van der Waals surface area contributed by atoms with Gasteiger partial charge in [0, 0.05) is 25.3 Å². The molecule has 2 rings (SSSR count). The third-order valence-electron chi connectivity index (χ3n) is 4.57. The molecule has 158 valence electrons. The SMILES string of the molecule is COCCN(Cc1ccc(C)o1)C(=O)CN(C(=O)c1cccc(OC)c1)C(C)C. The van der Waals surface area contributed by atoms with Crippen LogP contribution in [0.4, 0.5) is 0 Å². The van der Waals surface area contributed by atoms with E-state index in [1.807, 2.05) is 32.9 Å². The van der Waals surface area contributed by atoms with Gasteiger partial charge in [-0.1, -0.05) is 6.07 Å². The highest BCUT2D eigenvalue weighted by Gasteiger charge is 2.25. The average Bonchev–Trinajstić information content (AvgIpc) is 3.13. The maximum absolute atomic E-state index is 13.0. The van der Waals surface area contributed by atoms with E-state index in [0.29, 0.717) is 36.8 Å². The van der Waals surface area contributed by atoms with Gasteiger partial charge in [-0.3, -0.25) is 9.59 Å². The van der Waals surface area contributed by atoms with Crippen LogP contribution in [0.25, 0.3) is 0 Å². The lowest BCUT2D eigenvalue weighted by Crippen LogP contribution is -2.46. The molecule has 2 amide bonds. The number of hydrogen-bond donors (Lipinski definition) is 0. The van der Waals surface area contributed by atoms with Gasteiger partial charge in [0.2, 0.25) is 5.91 Å². The number of carbonyl (C=O) groups excluding carboxylic acids is 2. The minimum Gasteiger partial charge on any atom is -0.497 e. The molecule has 0 aliphatic carbocycles. The summed E-state index contributed by atoms with van der Waals surface area (Å²) in [7, 11) is 3.14. The van der Waals surface area contributed by atoms with Crippen LogP contribution in [0, 0.1) is 6.92 Å². The van der Waals surface area contributed by atoms with Gasteiger partial charge in [-0.25, -0.2) is 0 Å². The fourth-order valence-corrected chi connectivity index (χ4v) is 2.91. The van der Waals surface area contributed by atoms with Gasteiger partial charge in [0.1, 0.15) is 23.8 Å². The van der Waals surface area contributed by atoms with Crippen molar-refractivity contribution in [3.63, 3.8) is 0 Å². The van der Waals surface area contributed by atoms with Gasteiger partial charge in [0.05, 0.1) is 20.3 Å². The number of furan rings is 1. The van der Waals surface area contributed by atoms with Crippen LogP contribution >= 0.6 is 0 Å². The third kappa shape index (κ3) is 6.35. The predicted molar refractivity (Wildman–Crippen MR) is 110 cm³/mol. The second-order valence-electron chi connectivity index (χ2n) is 7.08. The van der Waals surface area contributed by atoms with Crippen LogP contribution in [0.2, 0.25) is 0 Å². The number of aryl methyl sites for hydroxylation is 1. The number of ether oxygens (including phenoxy) is 2. The molecule has 0 saturated heterocycles. The van der Waals surface area contributed by atoms with Gasteiger partial charge in [-0.05, 0) is 51.1 Å². The lowest BCUT2D eigenvalue weighted by Gasteiger charge is -2.30. The van der Waals surface area contributed by atoms with E-state index in [1.165, 1.54) is 0 Å². The van der Waals surface area contributed by atoms with Gasteiger partial charge >= 0.3 is 0 Å². The number of hydrogen-bond acceptors (Lipinski definition) is 5. The Morgan fingerprint density at radius 3 is 2.48 bits per heavy atom. The summed E-state index contributed by atoms with van der Waals surface area (Å²) >= 11 is 0. The van der Waals surface area contributed by atoms with E-state index < -0.39 is 0 Å². The summed E-state index contributed by atoms with van der Waals surface area (Å²) in [5, 5.41) is 0. The first-order valence-electron chi connectivity index (χ1n) is 9.62. The lowest BCUT2D eigenvalue weighted by molar-refractivity contribution is -0.133. The molecule has 0 fully saturated rings. The van der Waals surface area contributed by atoms with Crippen LogP contribution in [0.5, 0.6) is 5.75 Å². The highest BCUT2D eigenvalue weighted by atomic mass is 16.5. The van der Waals surface area contributed by atoms with Crippen molar-refractivity contribution in [2.24, 2.45) is 0 Å². The quantitative estimate of drug-likeness (QED) is 0.611. The fourth-order valence-electron chi connectivity index (χ4n) is 2.91. The van der Waals surface area contributed by atoms with Crippen LogP contribution in [-0.4, -0.2) is 61.6 Å². The largest absolute Gasteiger partial charge is 0.497 e. The van der Waals surface area contributed by atoms with Gasteiger partial charge in [0.25, 0.3) is 5.91 Å². The monoisotopic (exact) mass is 402 g/mol. The fraction of sp³-hybridized carbons (Fsp3) is 0.455. The summed E-state index contributed by atoms with van der Waals surface area (Å²) in [5.74, 6) is 1.70. The first-order chi connectivity index (χ1) is 13.8. The number of methoxy groups -OCH3 is 2. The van der Waals surface area contributed by atoms with Crippen molar-refractivity contribution in [3.05, 3.63) is 53.5 Å². The Kier molecular flexibility index (Phi) is 8.27. The van der Waals surface area contributed by atoms with Crippen LogP contribution in [0.3, 0.4) is 0 Å². The first-order valence-corrected chi connectivity index (χ1v) is 9.62. The second-order valence-corrected chi connectivity index (χ2v) is 7.08. The molecule has 0 saturated carbocycles. The van der Waals surface area contributed by atoms with Crippen molar-refractivity contribution in [1.29, 1.82) is 0 Å². The average molecular weight is 402 g/mol. The van der Waals surface area contributed by atoms with E-state index in [0.717, 1.165) is 5.76 Å². The van der Waals surface area contributed by atoms with E-state index in [4.69, 9.17) is 13.9 Å². The molecule has 7 heteroatoms. The van der Waals surface area contributed by atoms with E-state index >= 15 is 0 Å². The molecule has 0 atom stereocenters. The molecule has 1 heterocycles. The molecular weight excluding hydrogens is 372 g/mol. The van der Waals surface area contributed by atoms with Crippen molar-refractivity contribution in [1.82, 2.24) is 9.80 Å². The molecule has 0 unspecified atom stereocenters. The summed E-state index contributed by atoms with van der Waals surface area (Å²) in [5.41, 5.74) is 0.482. The van der Waals surface area contributed by atoms with Crippen LogP contribution < -0.4 is 4.74 Å². The maximum atomic E-state index is 13.0. The van der Waals surface area contributed by atoms with Gasteiger partial charge in [-0.15, -0.1) is 0 Å². The smallest absolute Gasteiger partial charge is 0.254 e. The summed E-state index contributed by atoms with van der Waals surface area (Å²) in [6.45, 7) is 6.75. The topological polar surface area (TPSA) is 72.2 Å². The molecule has 1 aromatic carbocycles. The summed E-state index contributed by atoms with van der Waals surface area (Å²) in [4.78, 5) is 29.3. The molecule has 1 aromatic heterocycles. The van der Waals surface area contributed by atoms with E-state index in [1.54, 1.807) is 48.3 Å². The van der Waals surface area contributed by atoms with E-state index in [2.05, 4.69) is 0 Å². The zero-order valence-corrected chi connectivity index (χ0v) is 17.8. The Morgan fingerprint density at radius 1 is 1.14 bits per heavy atom. The minimum absolute atomic E-state index is 0.0306. The van der Waals surface area contributed by atoms with E-state index in [9.17, 15) is 9.59 Å². The zero-order valence-electron chi connectivity index (χ0n) is 17.8. The lowest BCUT2D eigenvalue weighted by atomic mass is 10.1. The molecule has 7 nitrogen and oxygen atoms in total. The molecule has 0 aliphatic heterocycles. The van der Waals surface area contributed by atoms with Crippen molar-refractivity contribution in [2.75, 3.05) is 33.9 Å². The summed E-state index contributed by atoms with van der Waals surface area (Å²) in [6, 6.07) is 10.5. The molecule has 0 bridgehead atoms. The second kappa shape index (κ2) is 10.7. The number of carbonyl (C=O) groups is 2. The van der Waals surface area contributed by atoms with Gasteiger partial charge in [-0.2, -0.15) is 0 Å². The molecule has 0 N–H and O–H groups in total. The number of nitrogens with zero attached hydrogens (tertiary/aromatic N) is 2. The molecule has 0 aliphatic rings. The van der Waals surface area contributed by atoms with Crippen LogP contribution in [0.15, 0.2) is 40.8 Å². The highest BCUT2D eigenvalue weighted by Crippen LogP contribution is 2.17. The molecule has 2 aromatic rings. The third-order valence-corrected chi connectivity index (χ3v) is 4.57. The Bertz CT molecular complexity index is 815. The Hall–Kier alpha value is -2.80. The van der Waals surface area contributed by atoms with Crippen molar-refractivity contribution in [3.8, 4) is 5.75 Å².